The zero-order chi connectivity index (χ0) is 17.1. The second kappa shape index (κ2) is 6.37. The van der Waals surface area contributed by atoms with E-state index in [2.05, 4.69) is 0 Å². The molecule has 0 N–H and O–H groups in total. The number of ketones is 1. The Bertz CT molecular complexity index is 831. The van der Waals surface area contributed by atoms with Gasteiger partial charge >= 0.3 is 5.97 Å². The fraction of sp³-hybridized carbons (Fsp3) is 0.125. The molecule has 1 aliphatic heterocycles. The van der Waals surface area contributed by atoms with Crippen LogP contribution in [0.2, 0.25) is 0 Å². The SMILES string of the molecule is O=C(COC(=O)c1ccc2c(c1)OCO2)c1cccc([N+](=O)[O-])c1. The van der Waals surface area contributed by atoms with E-state index in [1.807, 2.05) is 0 Å². The lowest BCUT2D eigenvalue weighted by atomic mass is 10.1. The van der Waals surface area contributed by atoms with Crippen LogP contribution >= 0.6 is 0 Å². The summed E-state index contributed by atoms with van der Waals surface area (Å²) in [6, 6.07) is 9.75. The molecule has 1 aliphatic rings. The molecule has 0 aromatic heterocycles. The highest BCUT2D eigenvalue weighted by Gasteiger charge is 2.18. The number of benzene rings is 2. The Morgan fingerprint density at radius 2 is 1.88 bits per heavy atom. The predicted octanol–water partition coefficient (Wildman–Crippen LogP) is 2.36. The van der Waals surface area contributed by atoms with Crippen molar-refractivity contribution in [2.75, 3.05) is 13.4 Å². The minimum Gasteiger partial charge on any atom is -0.454 e. The van der Waals surface area contributed by atoms with Gasteiger partial charge in [0.2, 0.25) is 12.6 Å². The molecule has 0 saturated heterocycles. The molecule has 8 nitrogen and oxygen atoms in total. The molecule has 0 fully saturated rings. The van der Waals surface area contributed by atoms with Crippen LogP contribution in [0.5, 0.6) is 11.5 Å². The molecule has 0 atom stereocenters. The smallest absolute Gasteiger partial charge is 0.338 e. The van der Waals surface area contributed by atoms with E-state index in [0.717, 1.165) is 6.07 Å². The van der Waals surface area contributed by atoms with Crippen LogP contribution in [0.3, 0.4) is 0 Å². The van der Waals surface area contributed by atoms with Crippen LogP contribution in [0.25, 0.3) is 0 Å². The first-order valence-corrected chi connectivity index (χ1v) is 6.89. The Kier molecular flexibility index (Phi) is 4.11. The van der Waals surface area contributed by atoms with Crippen LogP contribution in [0.4, 0.5) is 5.69 Å². The summed E-state index contributed by atoms with van der Waals surface area (Å²) in [7, 11) is 0. The summed E-state index contributed by atoms with van der Waals surface area (Å²) >= 11 is 0. The van der Waals surface area contributed by atoms with Crippen molar-refractivity contribution in [2.24, 2.45) is 0 Å². The standard InChI is InChI=1S/C16H11NO7/c18-13(10-2-1-3-12(6-10)17(20)21)8-22-16(19)11-4-5-14-15(7-11)24-9-23-14/h1-7H,8-9H2. The molecule has 0 radical (unpaired) electrons. The number of hydrogen-bond donors (Lipinski definition) is 0. The third kappa shape index (κ3) is 3.17. The van der Waals surface area contributed by atoms with E-state index in [9.17, 15) is 19.7 Å². The van der Waals surface area contributed by atoms with Gasteiger partial charge in [-0.1, -0.05) is 12.1 Å². The monoisotopic (exact) mass is 329 g/mol. The molecule has 0 aliphatic carbocycles. The average molecular weight is 329 g/mol. The summed E-state index contributed by atoms with van der Waals surface area (Å²) in [5, 5.41) is 10.7. The van der Waals surface area contributed by atoms with Gasteiger partial charge in [0, 0.05) is 17.7 Å². The highest BCUT2D eigenvalue weighted by Crippen LogP contribution is 2.32. The maximum absolute atomic E-state index is 12.0. The molecule has 0 saturated carbocycles. The van der Waals surface area contributed by atoms with Crippen LogP contribution in [0, 0.1) is 10.1 Å². The van der Waals surface area contributed by atoms with Gasteiger partial charge in [-0.3, -0.25) is 14.9 Å². The molecule has 24 heavy (non-hydrogen) atoms. The number of carbonyl (C=O) groups excluding carboxylic acids is 2. The van der Waals surface area contributed by atoms with E-state index in [-0.39, 0.29) is 23.6 Å². The van der Waals surface area contributed by atoms with Crippen molar-refractivity contribution in [1.82, 2.24) is 0 Å². The van der Waals surface area contributed by atoms with E-state index in [1.54, 1.807) is 6.07 Å². The molecule has 0 spiro atoms. The Hall–Kier alpha value is -3.42. The summed E-state index contributed by atoms with van der Waals surface area (Å²) in [6.07, 6.45) is 0. The largest absolute Gasteiger partial charge is 0.454 e. The molecular formula is C16H11NO7. The van der Waals surface area contributed by atoms with E-state index >= 15 is 0 Å². The maximum atomic E-state index is 12.0. The van der Waals surface area contributed by atoms with Crippen LogP contribution < -0.4 is 9.47 Å². The normalized spacial score (nSPS) is 11.8. The number of esters is 1. The lowest BCUT2D eigenvalue weighted by molar-refractivity contribution is -0.384. The molecule has 8 heteroatoms. The first-order valence-electron chi connectivity index (χ1n) is 6.89. The van der Waals surface area contributed by atoms with Crippen molar-refractivity contribution < 1.29 is 28.7 Å². The van der Waals surface area contributed by atoms with Gasteiger partial charge in [-0.15, -0.1) is 0 Å². The highest BCUT2D eigenvalue weighted by atomic mass is 16.7. The lowest BCUT2D eigenvalue weighted by Gasteiger charge is -2.05. The minimum atomic E-state index is -0.702. The lowest BCUT2D eigenvalue weighted by Crippen LogP contribution is -2.14. The van der Waals surface area contributed by atoms with Gasteiger partial charge in [-0.25, -0.2) is 4.79 Å². The van der Waals surface area contributed by atoms with Crippen LogP contribution in [-0.4, -0.2) is 30.1 Å². The molecular weight excluding hydrogens is 318 g/mol. The Morgan fingerprint density at radius 1 is 1.08 bits per heavy atom. The topological polar surface area (TPSA) is 105 Å². The fourth-order valence-corrected chi connectivity index (χ4v) is 2.11. The number of non-ortho nitro benzene ring substituents is 1. The van der Waals surface area contributed by atoms with E-state index < -0.39 is 23.3 Å². The number of fused-ring (bicyclic) bond motifs is 1. The van der Waals surface area contributed by atoms with Gasteiger partial charge in [0.15, 0.2) is 18.1 Å². The highest BCUT2D eigenvalue weighted by molar-refractivity contribution is 5.99. The summed E-state index contributed by atoms with van der Waals surface area (Å²) in [6.45, 7) is -0.437. The summed E-state index contributed by atoms with van der Waals surface area (Å²) in [4.78, 5) is 34.1. The molecule has 122 valence electrons. The Labute approximate surface area is 135 Å². The maximum Gasteiger partial charge on any atom is 0.338 e. The van der Waals surface area contributed by atoms with Gasteiger partial charge in [-0.2, -0.15) is 0 Å². The van der Waals surface area contributed by atoms with E-state index in [4.69, 9.17) is 14.2 Å². The number of nitrogens with zero attached hydrogens (tertiary/aromatic N) is 1. The number of carbonyl (C=O) groups is 2. The van der Waals surface area contributed by atoms with Crippen LogP contribution in [0.15, 0.2) is 42.5 Å². The van der Waals surface area contributed by atoms with Crippen LogP contribution in [0.1, 0.15) is 20.7 Å². The zero-order valence-corrected chi connectivity index (χ0v) is 12.3. The van der Waals surface area contributed by atoms with Gasteiger partial charge in [0.05, 0.1) is 10.5 Å². The van der Waals surface area contributed by atoms with Gasteiger partial charge in [0.25, 0.3) is 5.69 Å². The van der Waals surface area contributed by atoms with Crippen LogP contribution in [-0.2, 0) is 4.74 Å². The van der Waals surface area contributed by atoms with Gasteiger partial charge in [-0.05, 0) is 18.2 Å². The van der Waals surface area contributed by atoms with Gasteiger partial charge in [0.1, 0.15) is 0 Å². The predicted molar refractivity (Wildman–Crippen MR) is 80.3 cm³/mol. The van der Waals surface area contributed by atoms with E-state index in [0.29, 0.717) is 11.5 Å². The molecule has 0 unspecified atom stereocenters. The molecule has 2 aromatic rings. The average Bonchev–Trinajstić information content (AvgIpc) is 3.07. The number of hydrogen-bond acceptors (Lipinski definition) is 7. The second-order valence-corrected chi connectivity index (χ2v) is 4.87. The molecule has 0 amide bonds. The van der Waals surface area contributed by atoms with Gasteiger partial charge < -0.3 is 14.2 Å². The first kappa shape index (κ1) is 15.5. The fourth-order valence-electron chi connectivity index (χ4n) is 2.11. The van der Waals surface area contributed by atoms with Crippen molar-refractivity contribution in [3.8, 4) is 11.5 Å². The summed E-state index contributed by atoms with van der Waals surface area (Å²) in [5.74, 6) is -0.284. The Balaban J connectivity index is 1.64. The third-order valence-corrected chi connectivity index (χ3v) is 3.32. The minimum absolute atomic E-state index is 0.0824. The van der Waals surface area contributed by atoms with Crippen molar-refractivity contribution in [2.45, 2.75) is 0 Å². The zero-order valence-electron chi connectivity index (χ0n) is 12.3. The number of nitro benzene ring substituents is 1. The van der Waals surface area contributed by atoms with E-state index in [1.165, 1.54) is 30.3 Å². The number of ether oxygens (including phenoxy) is 3. The summed E-state index contributed by atoms with van der Waals surface area (Å²) < 4.78 is 15.2. The van der Waals surface area contributed by atoms with Crippen molar-refractivity contribution in [3.05, 3.63) is 63.7 Å². The second-order valence-electron chi connectivity index (χ2n) is 4.87. The van der Waals surface area contributed by atoms with Crippen molar-refractivity contribution >= 4 is 17.4 Å². The third-order valence-electron chi connectivity index (χ3n) is 3.32. The number of Topliss-reactive ketones (excluding diaryl/α,β-unsaturated/α-hetero) is 1. The molecule has 0 bridgehead atoms. The first-order chi connectivity index (χ1) is 11.5. The quantitative estimate of drug-likeness (QED) is 0.359. The number of nitro groups is 1. The molecule has 2 aromatic carbocycles. The number of rotatable bonds is 5. The summed E-state index contributed by atoms with van der Waals surface area (Å²) in [5.41, 5.74) is 0.108. The Morgan fingerprint density at radius 3 is 2.67 bits per heavy atom. The van der Waals surface area contributed by atoms with Crippen molar-refractivity contribution in [1.29, 1.82) is 0 Å². The molecule has 3 rings (SSSR count). The molecule has 1 heterocycles. The van der Waals surface area contributed by atoms with Crippen molar-refractivity contribution in [3.63, 3.8) is 0 Å².